The number of fused-ring (bicyclic) bond motifs is 2. The highest BCUT2D eigenvalue weighted by molar-refractivity contribution is 5.99. The summed E-state index contributed by atoms with van der Waals surface area (Å²) in [7, 11) is 0. The standard InChI is InChI=1S/C24H25N7O/c1-13(2)21-17-10-14(23-29-20(32-31-23)11-15-4-3-8-25-15)5-6-19(17)28-22(21)16-7-9-26-24-18(16)12-27-30-24/h5-7,9-10,12-13,15,25,28H,3-4,8,11H2,1-2H3,(H,26,27,30)/t15-/m0/s1. The summed E-state index contributed by atoms with van der Waals surface area (Å²) in [5.74, 6) is 1.65. The number of hydrogen-bond acceptors (Lipinski definition) is 6. The van der Waals surface area contributed by atoms with Crippen molar-refractivity contribution in [3.63, 3.8) is 0 Å². The van der Waals surface area contributed by atoms with Crippen LogP contribution in [0, 0.1) is 0 Å². The Morgan fingerprint density at radius 1 is 1.19 bits per heavy atom. The number of pyridine rings is 1. The molecule has 162 valence electrons. The molecular formula is C24H25N7O. The van der Waals surface area contributed by atoms with E-state index in [4.69, 9.17) is 4.52 Å². The van der Waals surface area contributed by atoms with Crippen LogP contribution in [0.3, 0.4) is 0 Å². The molecule has 0 unspecified atom stereocenters. The van der Waals surface area contributed by atoms with E-state index >= 15 is 0 Å². The Kier molecular flexibility index (Phi) is 4.53. The van der Waals surface area contributed by atoms with Crippen molar-refractivity contribution in [3.05, 3.63) is 48.1 Å². The third-order valence-electron chi connectivity index (χ3n) is 6.35. The summed E-state index contributed by atoms with van der Waals surface area (Å²) in [6.45, 7) is 5.50. The Morgan fingerprint density at radius 3 is 2.97 bits per heavy atom. The lowest BCUT2D eigenvalue weighted by Crippen LogP contribution is -2.23. The van der Waals surface area contributed by atoms with Crippen LogP contribution in [0.5, 0.6) is 0 Å². The maximum Gasteiger partial charge on any atom is 0.228 e. The van der Waals surface area contributed by atoms with Crippen LogP contribution in [0.2, 0.25) is 0 Å². The van der Waals surface area contributed by atoms with Gasteiger partial charge in [-0.15, -0.1) is 0 Å². The van der Waals surface area contributed by atoms with Gasteiger partial charge in [0.25, 0.3) is 0 Å². The Bertz CT molecular complexity index is 1400. The van der Waals surface area contributed by atoms with Crippen LogP contribution in [0.4, 0.5) is 0 Å². The Hall–Kier alpha value is -3.52. The fourth-order valence-corrected chi connectivity index (χ4v) is 4.83. The van der Waals surface area contributed by atoms with Gasteiger partial charge in [-0.1, -0.05) is 19.0 Å². The van der Waals surface area contributed by atoms with Crippen LogP contribution >= 0.6 is 0 Å². The van der Waals surface area contributed by atoms with E-state index in [-0.39, 0.29) is 0 Å². The number of aromatic amines is 2. The van der Waals surface area contributed by atoms with Crippen LogP contribution in [0.15, 0.2) is 41.2 Å². The van der Waals surface area contributed by atoms with Crippen LogP contribution < -0.4 is 5.32 Å². The molecule has 1 fully saturated rings. The third-order valence-corrected chi connectivity index (χ3v) is 6.35. The van der Waals surface area contributed by atoms with Gasteiger partial charge in [-0.3, -0.25) is 5.10 Å². The van der Waals surface area contributed by atoms with Crippen LogP contribution in [-0.4, -0.2) is 42.9 Å². The van der Waals surface area contributed by atoms with Crippen molar-refractivity contribution in [2.45, 2.75) is 45.1 Å². The molecule has 1 aromatic carbocycles. The Labute approximate surface area is 184 Å². The van der Waals surface area contributed by atoms with Crippen molar-refractivity contribution in [2.24, 2.45) is 0 Å². The van der Waals surface area contributed by atoms with Gasteiger partial charge >= 0.3 is 0 Å². The fraction of sp³-hybridized carbons (Fsp3) is 0.333. The molecule has 3 N–H and O–H groups in total. The Morgan fingerprint density at radius 2 is 2.12 bits per heavy atom. The number of aromatic nitrogens is 6. The van der Waals surface area contributed by atoms with Crippen molar-refractivity contribution in [3.8, 4) is 22.6 Å². The van der Waals surface area contributed by atoms with Crippen LogP contribution in [-0.2, 0) is 6.42 Å². The van der Waals surface area contributed by atoms with Gasteiger partial charge < -0.3 is 14.8 Å². The van der Waals surface area contributed by atoms with Gasteiger partial charge in [0.1, 0.15) is 0 Å². The average molecular weight is 428 g/mol. The number of hydrogen-bond donors (Lipinski definition) is 3. The van der Waals surface area contributed by atoms with Gasteiger partial charge in [-0.05, 0) is 55.1 Å². The summed E-state index contributed by atoms with van der Waals surface area (Å²) in [6.07, 6.45) is 6.80. The second kappa shape index (κ2) is 7.56. The van der Waals surface area contributed by atoms with Crippen molar-refractivity contribution in [1.29, 1.82) is 0 Å². The van der Waals surface area contributed by atoms with Gasteiger partial charge in [0.2, 0.25) is 11.7 Å². The first-order chi connectivity index (χ1) is 15.7. The number of benzene rings is 1. The van der Waals surface area contributed by atoms with Crippen molar-refractivity contribution in [2.75, 3.05) is 6.54 Å². The molecule has 8 heteroatoms. The SMILES string of the molecule is CC(C)c1c(-c2ccnc3[nH]ncc23)[nH]c2ccc(-c3noc(C[C@@H]4CCCN4)n3)cc12. The molecule has 0 radical (unpaired) electrons. The zero-order chi connectivity index (χ0) is 21.7. The molecule has 6 rings (SSSR count). The lowest BCUT2D eigenvalue weighted by atomic mass is 9.95. The van der Waals surface area contributed by atoms with Crippen LogP contribution in [0.1, 0.15) is 44.1 Å². The maximum atomic E-state index is 5.56. The van der Waals surface area contributed by atoms with E-state index in [1.54, 1.807) is 0 Å². The zero-order valence-corrected chi connectivity index (χ0v) is 18.1. The normalized spacial score (nSPS) is 16.7. The maximum absolute atomic E-state index is 5.56. The number of nitrogens with zero attached hydrogens (tertiary/aromatic N) is 4. The molecule has 0 amide bonds. The van der Waals surface area contributed by atoms with Crippen LogP contribution in [0.25, 0.3) is 44.6 Å². The van der Waals surface area contributed by atoms with Gasteiger partial charge in [-0.2, -0.15) is 10.1 Å². The summed E-state index contributed by atoms with van der Waals surface area (Å²) in [6, 6.07) is 8.79. The molecule has 0 aliphatic carbocycles. The van der Waals surface area contributed by atoms with Gasteiger partial charge in [0.05, 0.1) is 11.9 Å². The first-order valence-corrected chi connectivity index (χ1v) is 11.2. The van der Waals surface area contributed by atoms with E-state index in [9.17, 15) is 0 Å². The lowest BCUT2D eigenvalue weighted by Gasteiger charge is -2.09. The highest BCUT2D eigenvalue weighted by Gasteiger charge is 2.21. The second-order valence-corrected chi connectivity index (χ2v) is 8.83. The van der Waals surface area contributed by atoms with E-state index in [1.165, 1.54) is 17.4 Å². The largest absolute Gasteiger partial charge is 0.354 e. The van der Waals surface area contributed by atoms with Crippen molar-refractivity contribution in [1.82, 2.24) is 35.6 Å². The molecule has 1 aliphatic rings. The van der Waals surface area contributed by atoms with E-state index in [0.29, 0.717) is 23.7 Å². The molecule has 0 saturated carbocycles. The Balaban J connectivity index is 1.43. The minimum absolute atomic E-state index is 0.318. The van der Waals surface area contributed by atoms with E-state index in [0.717, 1.165) is 52.8 Å². The van der Waals surface area contributed by atoms with Crippen molar-refractivity contribution >= 4 is 21.9 Å². The molecule has 1 aliphatic heterocycles. The molecule has 5 aromatic rings. The van der Waals surface area contributed by atoms with Gasteiger partial charge in [-0.25, -0.2) is 4.98 Å². The topological polar surface area (TPSA) is 108 Å². The summed E-state index contributed by atoms with van der Waals surface area (Å²) >= 11 is 0. The molecule has 4 aromatic heterocycles. The highest BCUT2D eigenvalue weighted by atomic mass is 16.5. The molecular weight excluding hydrogens is 402 g/mol. The smallest absolute Gasteiger partial charge is 0.228 e. The fourth-order valence-electron chi connectivity index (χ4n) is 4.83. The summed E-state index contributed by atoms with van der Waals surface area (Å²) < 4.78 is 5.56. The summed E-state index contributed by atoms with van der Waals surface area (Å²) in [5, 5.41) is 17.1. The van der Waals surface area contributed by atoms with Gasteiger partial charge in [0.15, 0.2) is 5.65 Å². The number of H-pyrrole nitrogens is 2. The third kappa shape index (κ3) is 3.18. The average Bonchev–Trinajstić information content (AvgIpc) is 3.58. The van der Waals surface area contributed by atoms with E-state index in [1.807, 2.05) is 18.5 Å². The first-order valence-electron chi connectivity index (χ1n) is 11.2. The molecule has 0 spiro atoms. The predicted octanol–water partition coefficient (Wildman–Crippen LogP) is 4.57. The van der Waals surface area contributed by atoms with E-state index < -0.39 is 0 Å². The minimum Gasteiger partial charge on any atom is -0.354 e. The first kappa shape index (κ1) is 19.2. The second-order valence-electron chi connectivity index (χ2n) is 8.83. The molecule has 5 heterocycles. The quantitative estimate of drug-likeness (QED) is 0.379. The summed E-state index contributed by atoms with van der Waals surface area (Å²) in [5.41, 5.74) is 6.28. The molecule has 8 nitrogen and oxygen atoms in total. The number of rotatable bonds is 5. The number of nitrogens with one attached hydrogen (secondary N) is 3. The summed E-state index contributed by atoms with van der Waals surface area (Å²) in [4.78, 5) is 12.7. The molecule has 32 heavy (non-hydrogen) atoms. The van der Waals surface area contributed by atoms with Crippen molar-refractivity contribution < 1.29 is 4.52 Å². The highest BCUT2D eigenvalue weighted by Crippen LogP contribution is 2.39. The molecule has 1 atom stereocenters. The monoisotopic (exact) mass is 427 g/mol. The zero-order valence-electron chi connectivity index (χ0n) is 18.1. The minimum atomic E-state index is 0.318. The van der Waals surface area contributed by atoms with Gasteiger partial charge in [0, 0.05) is 46.1 Å². The lowest BCUT2D eigenvalue weighted by molar-refractivity contribution is 0.364. The predicted molar refractivity (Wildman–Crippen MR) is 123 cm³/mol. The molecule has 1 saturated heterocycles. The molecule has 0 bridgehead atoms. The van der Waals surface area contributed by atoms with E-state index in [2.05, 4.69) is 67.7 Å².